The normalized spacial score (nSPS) is 15.8. The summed E-state index contributed by atoms with van der Waals surface area (Å²) in [5, 5.41) is 7.85. The Hall–Kier alpha value is -2.49. The van der Waals surface area contributed by atoms with Crippen molar-refractivity contribution in [2.75, 3.05) is 7.11 Å². The first kappa shape index (κ1) is 17.6. The first-order valence-corrected chi connectivity index (χ1v) is 10.1. The molecule has 1 aliphatic heterocycles. The maximum absolute atomic E-state index is 13.7. The number of nitrogens with one attached hydrogen (secondary N) is 1. The van der Waals surface area contributed by atoms with Crippen LogP contribution in [0.2, 0.25) is 0 Å². The van der Waals surface area contributed by atoms with Crippen molar-refractivity contribution in [1.29, 1.82) is 0 Å². The van der Waals surface area contributed by atoms with Crippen LogP contribution in [0.1, 0.15) is 24.3 Å². The molecule has 1 N–H and O–H groups in total. The van der Waals surface area contributed by atoms with Crippen LogP contribution < -0.4 is 10.3 Å². The van der Waals surface area contributed by atoms with Crippen LogP contribution in [0.15, 0.2) is 29.1 Å². The Kier molecular flexibility index (Phi) is 3.77. The van der Waals surface area contributed by atoms with Crippen LogP contribution in [-0.4, -0.2) is 31.9 Å². The Morgan fingerprint density at radius 1 is 1.36 bits per heavy atom. The molecule has 0 amide bonds. The van der Waals surface area contributed by atoms with Crippen molar-refractivity contribution < 1.29 is 9.47 Å². The van der Waals surface area contributed by atoms with Gasteiger partial charge in [0.15, 0.2) is 0 Å². The van der Waals surface area contributed by atoms with Crippen LogP contribution in [0.3, 0.4) is 0 Å². The maximum Gasteiger partial charge on any atom is 0.268 e. The lowest BCUT2D eigenvalue weighted by Gasteiger charge is -2.29. The maximum atomic E-state index is 13.7. The second-order valence-corrected chi connectivity index (χ2v) is 8.86. The van der Waals surface area contributed by atoms with Crippen LogP contribution in [0.4, 0.5) is 0 Å². The Bertz CT molecular complexity index is 1360. The van der Waals surface area contributed by atoms with Gasteiger partial charge in [-0.3, -0.25) is 4.79 Å². The van der Waals surface area contributed by atoms with Crippen LogP contribution >= 0.6 is 23.6 Å². The molecule has 0 atom stereocenters. The van der Waals surface area contributed by atoms with Gasteiger partial charge in [-0.2, -0.15) is 0 Å². The van der Waals surface area contributed by atoms with E-state index in [1.54, 1.807) is 23.0 Å². The van der Waals surface area contributed by atoms with Crippen LogP contribution in [0, 0.1) is 4.77 Å². The molecule has 0 fully saturated rings. The SMILES string of the molecule is COc1ccccc1-n1c(=O)c2c3c(sc2n2c(=S)[nH]nc12)COC(C)(C)C3. The second kappa shape index (κ2) is 6.00. The van der Waals surface area contributed by atoms with Gasteiger partial charge in [0, 0.05) is 11.3 Å². The molecule has 28 heavy (non-hydrogen) atoms. The van der Waals surface area contributed by atoms with Crippen LogP contribution in [0.5, 0.6) is 5.75 Å². The quantitative estimate of drug-likeness (QED) is 0.507. The molecule has 5 rings (SSSR count). The summed E-state index contributed by atoms with van der Waals surface area (Å²) in [4.78, 5) is 15.6. The van der Waals surface area contributed by atoms with Gasteiger partial charge in [-0.05, 0) is 43.8 Å². The smallest absolute Gasteiger partial charge is 0.268 e. The number of methoxy groups -OCH3 is 1. The summed E-state index contributed by atoms with van der Waals surface area (Å²) in [6, 6.07) is 7.40. The highest BCUT2D eigenvalue weighted by molar-refractivity contribution is 7.71. The molecule has 7 nitrogen and oxygen atoms in total. The highest BCUT2D eigenvalue weighted by Crippen LogP contribution is 2.38. The minimum Gasteiger partial charge on any atom is -0.495 e. The molecular weight excluding hydrogens is 396 g/mol. The topological polar surface area (TPSA) is 73.5 Å². The Balaban J connectivity index is 1.98. The van der Waals surface area contributed by atoms with Crippen LogP contribution in [-0.2, 0) is 17.8 Å². The number of nitrogens with zero attached hydrogens (tertiary/aromatic N) is 3. The Morgan fingerprint density at radius 2 is 2.14 bits per heavy atom. The van der Waals surface area contributed by atoms with Crippen molar-refractivity contribution >= 4 is 39.5 Å². The van der Waals surface area contributed by atoms with E-state index < -0.39 is 0 Å². The molecular formula is C19H18N4O3S2. The van der Waals surface area contributed by atoms with Crippen molar-refractivity contribution in [3.8, 4) is 11.4 Å². The summed E-state index contributed by atoms with van der Waals surface area (Å²) in [7, 11) is 1.59. The van der Waals surface area contributed by atoms with Crippen molar-refractivity contribution in [3.63, 3.8) is 0 Å². The largest absolute Gasteiger partial charge is 0.495 e. The molecule has 4 aromatic rings. The predicted molar refractivity (Wildman–Crippen MR) is 110 cm³/mol. The molecule has 1 aromatic carbocycles. The predicted octanol–water partition coefficient (Wildman–Crippen LogP) is 3.62. The molecule has 0 bridgehead atoms. The molecule has 3 aromatic heterocycles. The number of thiophene rings is 1. The highest BCUT2D eigenvalue weighted by Gasteiger charge is 2.32. The number of para-hydroxylation sites is 2. The van der Waals surface area contributed by atoms with E-state index >= 15 is 0 Å². The summed E-state index contributed by atoms with van der Waals surface area (Å²) in [6.45, 7) is 4.57. The molecule has 4 heterocycles. The number of ether oxygens (including phenoxy) is 2. The molecule has 0 spiro atoms. The number of hydrogen-bond acceptors (Lipinski definition) is 6. The average molecular weight is 415 g/mol. The lowest BCUT2D eigenvalue weighted by Crippen LogP contribution is -2.32. The fourth-order valence-corrected chi connectivity index (χ4v) is 5.27. The Morgan fingerprint density at radius 3 is 2.93 bits per heavy atom. The lowest BCUT2D eigenvalue weighted by molar-refractivity contribution is -0.0379. The van der Waals surface area contributed by atoms with Gasteiger partial charge in [-0.15, -0.1) is 16.4 Å². The van der Waals surface area contributed by atoms with Gasteiger partial charge in [0.05, 0.1) is 30.4 Å². The van der Waals surface area contributed by atoms with Gasteiger partial charge in [0.1, 0.15) is 10.6 Å². The van der Waals surface area contributed by atoms with Crippen molar-refractivity contribution in [1.82, 2.24) is 19.2 Å². The third-order valence-corrected chi connectivity index (χ3v) is 6.53. The first-order chi connectivity index (χ1) is 13.4. The number of H-pyrrole nitrogens is 1. The number of aromatic amines is 1. The van der Waals surface area contributed by atoms with E-state index in [1.807, 2.05) is 42.5 Å². The number of hydrogen-bond donors (Lipinski definition) is 1. The molecule has 1 aliphatic rings. The number of aromatic nitrogens is 4. The standard InChI is InChI=1S/C19H18N4O3S2/c1-19(2)8-10-13(9-26-19)28-16-14(10)15(24)22(17-20-21-18(27)23(16)17)11-6-4-5-7-12(11)25-3/h4-7H,8-9H2,1-3H3,(H,21,27). The van der Waals surface area contributed by atoms with Gasteiger partial charge in [-0.25, -0.2) is 14.1 Å². The van der Waals surface area contributed by atoms with E-state index in [1.165, 1.54) is 0 Å². The fraction of sp³-hybridized carbons (Fsp3) is 0.316. The highest BCUT2D eigenvalue weighted by atomic mass is 32.1. The van der Waals surface area contributed by atoms with Gasteiger partial charge in [0.25, 0.3) is 5.56 Å². The number of fused-ring (bicyclic) bond motifs is 5. The minimum atomic E-state index is -0.324. The average Bonchev–Trinajstić information content (AvgIpc) is 3.22. The second-order valence-electron chi connectivity index (χ2n) is 7.39. The summed E-state index contributed by atoms with van der Waals surface area (Å²) in [5.74, 6) is 1.03. The van der Waals surface area contributed by atoms with Crippen molar-refractivity contribution in [2.24, 2.45) is 0 Å². The molecule has 0 saturated heterocycles. The Labute approximate surface area is 169 Å². The zero-order valence-electron chi connectivity index (χ0n) is 15.6. The third kappa shape index (κ3) is 2.40. The summed E-state index contributed by atoms with van der Waals surface area (Å²) in [6.07, 6.45) is 0.667. The van der Waals surface area contributed by atoms with Gasteiger partial charge in [0.2, 0.25) is 10.5 Å². The van der Waals surface area contributed by atoms with E-state index in [0.717, 1.165) is 15.3 Å². The zero-order valence-corrected chi connectivity index (χ0v) is 17.2. The molecule has 0 radical (unpaired) electrons. The summed E-state index contributed by atoms with van der Waals surface area (Å²) in [5.41, 5.74) is 1.21. The molecule has 144 valence electrons. The first-order valence-electron chi connectivity index (χ1n) is 8.85. The van der Waals surface area contributed by atoms with Crippen molar-refractivity contribution in [2.45, 2.75) is 32.5 Å². The summed E-state index contributed by atoms with van der Waals surface area (Å²) < 4.78 is 15.3. The monoisotopic (exact) mass is 414 g/mol. The summed E-state index contributed by atoms with van der Waals surface area (Å²) >= 11 is 7.03. The van der Waals surface area contributed by atoms with E-state index in [-0.39, 0.29) is 11.2 Å². The minimum absolute atomic E-state index is 0.129. The van der Waals surface area contributed by atoms with E-state index in [0.29, 0.717) is 40.4 Å². The van der Waals surface area contributed by atoms with E-state index in [4.69, 9.17) is 21.7 Å². The molecule has 0 saturated carbocycles. The third-order valence-electron chi connectivity index (χ3n) is 5.07. The zero-order chi connectivity index (χ0) is 19.6. The van der Waals surface area contributed by atoms with Crippen LogP contribution in [0.25, 0.3) is 21.7 Å². The molecule has 0 aliphatic carbocycles. The number of benzene rings is 1. The van der Waals surface area contributed by atoms with E-state index in [2.05, 4.69) is 10.2 Å². The van der Waals surface area contributed by atoms with E-state index in [9.17, 15) is 4.79 Å². The molecule has 9 heteroatoms. The number of rotatable bonds is 2. The van der Waals surface area contributed by atoms with Gasteiger partial charge >= 0.3 is 0 Å². The van der Waals surface area contributed by atoms with Gasteiger partial charge < -0.3 is 9.47 Å². The fourth-order valence-electron chi connectivity index (χ4n) is 3.77. The molecule has 0 unspecified atom stereocenters. The van der Waals surface area contributed by atoms with Crippen molar-refractivity contribution in [3.05, 3.63) is 49.8 Å². The lowest BCUT2D eigenvalue weighted by atomic mass is 9.94. The van der Waals surface area contributed by atoms with Gasteiger partial charge in [-0.1, -0.05) is 12.1 Å².